The van der Waals surface area contributed by atoms with Gasteiger partial charge in [-0.05, 0) is 64.1 Å². The molecule has 1 aliphatic carbocycles. The molecule has 1 aliphatic heterocycles. The molecule has 0 spiro atoms. The van der Waals surface area contributed by atoms with E-state index in [1.165, 1.54) is 64.6 Å². The van der Waals surface area contributed by atoms with E-state index in [2.05, 4.69) is 24.2 Å². The first-order valence-corrected chi connectivity index (χ1v) is 7.69. The highest BCUT2D eigenvalue weighted by atomic mass is 15.1. The smallest absolute Gasteiger partial charge is 0.0105 e. The minimum atomic E-state index is 0.773. The third kappa shape index (κ3) is 3.96. The normalized spacial score (nSPS) is 36.7. The van der Waals surface area contributed by atoms with E-state index in [1.807, 2.05) is 0 Å². The van der Waals surface area contributed by atoms with E-state index in [4.69, 9.17) is 0 Å². The zero-order valence-electron chi connectivity index (χ0n) is 11.8. The summed E-state index contributed by atoms with van der Waals surface area (Å²) in [7, 11) is 2.15. The molecule has 2 nitrogen and oxygen atoms in total. The Morgan fingerprint density at radius 1 is 1.06 bits per heavy atom. The summed E-state index contributed by atoms with van der Waals surface area (Å²) < 4.78 is 0. The maximum Gasteiger partial charge on any atom is 0.0105 e. The Balaban J connectivity index is 1.85. The van der Waals surface area contributed by atoms with E-state index < -0.39 is 0 Å². The maximum atomic E-state index is 3.55. The molecular weight excluding hydrogens is 208 g/mol. The molecule has 2 heteroatoms. The van der Waals surface area contributed by atoms with Gasteiger partial charge in [0, 0.05) is 12.6 Å². The van der Waals surface area contributed by atoms with Gasteiger partial charge in [-0.3, -0.25) is 0 Å². The Labute approximate surface area is 107 Å². The molecule has 3 unspecified atom stereocenters. The Bertz CT molecular complexity index is 209. The maximum absolute atomic E-state index is 3.55. The molecule has 0 bridgehead atoms. The number of nitrogens with zero attached hydrogens (tertiary/aromatic N) is 1. The summed E-state index contributed by atoms with van der Waals surface area (Å²) in [6.07, 6.45) is 9.99. The lowest BCUT2D eigenvalue weighted by molar-refractivity contribution is 0.151. The molecule has 1 N–H and O–H groups in total. The van der Waals surface area contributed by atoms with Gasteiger partial charge >= 0.3 is 0 Å². The second-order valence-corrected chi connectivity index (χ2v) is 6.29. The number of likely N-dealkylation sites (tertiary alicyclic amines) is 1. The first-order valence-electron chi connectivity index (χ1n) is 7.69. The van der Waals surface area contributed by atoms with Gasteiger partial charge in [-0.2, -0.15) is 0 Å². The summed E-state index contributed by atoms with van der Waals surface area (Å²) in [5.74, 6) is 1.83. The molecule has 1 saturated heterocycles. The third-order valence-electron chi connectivity index (χ3n) is 4.81. The summed E-state index contributed by atoms with van der Waals surface area (Å²) in [5.41, 5.74) is 0. The van der Waals surface area contributed by atoms with Crippen LogP contribution in [0.2, 0.25) is 0 Å². The van der Waals surface area contributed by atoms with Gasteiger partial charge in [0.05, 0.1) is 0 Å². The van der Waals surface area contributed by atoms with Crippen LogP contribution in [0.25, 0.3) is 0 Å². The van der Waals surface area contributed by atoms with Crippen LogP contribution in [0.1, 0.15) is 51.9 Å². The van der Waals surface area contributed by atoms with E-state index in [1.54, 1.807) is 0 Å². The van der Waals surface area contributed by atoms with Gasteiger partial charge in [0.15, 0.2) is 0 Å². The number of rotatable bonds is 3. The van der Waals surface area contributed by atoms with Gasteiger partial charge in [0.25, 0.3) is 0 Å². The van der Waals surface area contributed by atoms with E-state index in [0.717, 1.165) is 17.9 Å². The molecule has 0 amide bonds. The number of nitrogens with one attached hydrogen (secondary N) is 1. The highest BCUT2D eigenvalue weighted by Gasteiger charge is 2.28. The molecule has 1 saturated carbocycles. The van der Waals surface area contributed by atoms with Gasteiger partial charge in [0.1, 0.15) is 0 Å². The third-order valence-corrected chi connectivity index (χ3v) is 4.81. The van der Waals surface area contributed by atoms with Crippen molar-refractivity contribution in [1.82, 2.24) is 10.2 Å². The van der Waals surface area contributed by atoms with Crippen molar-refractivity contribution < 1.29 is 0 Å². The summed E-state index contributed by atoms with van der Waals surface area (Å²) in [6.45, 7) is 6.47. The molecule has 100 valence electrons. The zero-order chi connectivity index (χ0) is 12.1. The van der Waals surface area contributed by atoms with Crippen LogP contribution < -0.4 is 5.32 Å². The van der Waals surface area contributed by atoms with E-state index in [9.17, 15) is 0 Å². The van der Waals surface area contributed by atoms with Crippen molar-refractivity contribution in [3.8, 4) is 0 Å². The molecule has 17 heavy (non-hydrogen) atoms. The zero-order valence-corrected chi connectivity index (χ0v) is 11.8. The molecule has 2 rings (SSSR count). The van der Waals surface area contributed by atoms with Gasteiger partial charge in [0.2, 0.25) is 0 Å². The molecule has 0 aromatic heterocycles. The Morgan fingerprint density at radius 3 is 2.41 bits per heavy atom. The Kier molecular flexibility index (Phi) is 5.30. The van der Waals surface area contributed by atoms with Crippen molar-refractivity contribution in [2.75, 3.05) is 26.7 Å². The monoisotopic (exact) mass is 238 g/mol. The van der Waals surface area contributed by atoms with Gasteiger partial charge in [-0.1, -0.05) is 19.8 Å². The standard InChI is InChI=1S/C15H30N2/c1-13-7-8-15(16-2)14(11-13)12-17-9-5-3-4-6-10-17/h13-16H,3-12H2,1-2H3. The fourth-order valence-corrected chi connectivity index (χ4v) is 3.73. The second kappa shape index (κ2) is 6.75. The van der Waals surface area contributed by atoms with Crippen LogP contribution in [-0.2, 0) is 0 Å². The lowest BCUT2D eigenvalue weighted by Gasteiger charge is -2.37. The highest BCUT2D eigenvalue weighted by molar-refractivity contribution is 4.85. The Hall–Kier alpha value is -0.0800. The predicted molar refractivity (Wildman–Crippen MR) is 74.3 cm³/mol. The average Bonchev–Trinajstić information content (AvgIpc) is 2.58. The van der Waals surface area contributed by atoms with Crippen LogP contribution in [0, 0.1) is 11.8 Å². The fraction of sp³-hybridized carbons (Fsp3) is 1.00. The van der Waals surface area contributed by atoms with Crippen LogP contribution in [0.4, 0.5) is 0 Å². The number of hydrogen-bond acceptors (Lipinski definition) is 2. The molecule has 0 aromatic carbocycles. The molecular formula is C15H30N2. The first-order chi connectivity index (χ1) is 8.29. The van der Waals surface area contributed by atoms with E-state index >= 15 is 0 Å². The van der Waals surface area contributed by atoms with Crippen molar-refractivity contribution in [2.45, 2.75) is 57.9 Å². The second-order valence-electron chi connectivity index (χ2n) is 6.29. The minimum Gasteiger partial charge on any atom is -0.317 e. The predicted octanol–water partition coefficient (Wildman–Crippen LogP) is 2.89. The topological polar surface area (TPSA) is 15.3 Å². The summed E-state index contributed by atoms with van der Waals surface area (Å²) >= 11 is 0. The summed E-state index contributed by atoms with van der Waals surface area (Å²) in [5, 5.41) is 3.55. The quantitative estimate of drug-likeness (QED) is 0.813. The van der Waals surface area contributed by atoms with Crippen molar-refractivity contribution in [3.05, 3.63) is 0 Å². The summed E-state index contributed by atoms with van der Waals surface area (Å²) in [6, 6.07) is 0.773. The van der Waals surface area contributed by atoms with Crippen LogP contribution in [0.3, 0.4) is 0 Å². The average molecular weight is 238 g/mol. The van der Waals surface area contributed by atoms with Crippen LogP contribution in [0.5, 0.6) is 0 Å². The molecule has 2 aliphatic rings. The SMILES string of the molecule is CNC1CCC(C)CC1CN1CCCCCC1. The fourth-order valence-electron chi connectivity index (χ4n) is 3.73. The van der Waals surface area contributed by atoms with Crippen LogP contribution in [0.15, 0.2) is 0 Å². The van der Waals surface area contributed by atoms with Crippen molar-refractivity contribution >= 4 is 0 Å². The number of hydrogen-bond donors (Lipinski definition) is 1. The van der Waals surface area contributed by atoms with Gasteiger partial charge in [-0.25, -0.2) is 0 Å². The Morgan fingerprint density at radius 2 is 1.76 bits per heavy atom. The van der Waals surface area contributed by atoms with Gasteiger partial charge < -0.3 is 10.2 Å². The van der Waals surface area contributed by atoms with E-state index in [0.29, 0.717) is 0 Å². The molecule has 3 atom stereocenters. The molecule has 0 aromatic rings. The van der Waals surface area contributed by atoms with Crippen LogP contribution in [-0.4, -0.2) is 37.6 Å². The molecule has 1 heterocycles. The lowest BCUT2D eigenvalue weighted by atomic mass is 9.78. The summed E-state index contributed by atoms with van der Waals surface area (Å²) in [4.78, 5) is 2.74. The van der Waals surface area contributed by atoms with Crippen molar-refractivity contribution in [2.24, 2.45) is 11.8 Å². The minimum absolute atomic E-state index is 0.773. The van der Waals surface area contributed by atoms with Crippen LogP contribution >= 0.6 is 0 Å². The van der Waals surface area contributed by atoms with Crippen molar-refractivity contribution in [1.29, 1.82) is 0 Å². The van der Waals surface area contributed by atoms with Crippen molar-refractivity contribution in [3.63, 3.8) is 0 Å². The molecule has 2 fully saturated rings. The largest absolute Gasteiger partial charge is 0.317 e. The first kappa shape index (κ1) is 13.4. The lowest BCUT2D eigenvalue weighted by Crippen LogP contribution is -2.44. The van der Waals surface area contributed by atoms with Gasteiger partial charge in [-0.15, -0.1) is 0 Å². The molecule has 0 radical (unpaired) electrons. The van der Waals surface area contributed by atoms with E-state index in [-0.39, 0.29) is 0 Å². The highest BCUT2D eigenvalue weighted by Crippen LogP contribution is 2.30.